The van der Waals surface area contributed by atoms with Gasteiger partial charge in [-0.1, -0.05) is 33.8 Å². The van der Waals surface area contributed by atoms with Crippen molar-refractivity contribution in [1.29, 1.82) is 0 Å². The predicted molar refractivity (Wildman–Crippen MR) is 78.8 cm³/mol. The first-order valence-electron chi connectivity index (χ1n) is 5.97. The van der Waals surface area contributed by atoms with Gasteiger partial charge in [-0.05, 0) is 30.5 Å². The van der Waals surface area contributed by atoms with Gasteiger partial charge in [0.25, 0.3) is 0 Å². The Hall–Kier alpha value is -1.02. The maximum atomic E-state index is 3.14. The zero-order valence-electron chi connectivity index (χ0n) is 11.2. The maximum absolute atomic E-state index is 3.14. The summed E-state index contributed by atoms with van der Waals surface area (Å²) >= 11 is 1.84. The van der Waals surface area contributed by atoms with Crippen LogP contribution < -0.4 is 5.32 Å². The second-order valence-corrected chi connectivity index (χ2v) is 4.15. The lowest BCUT2D eigenvalue weighted by molar-refractivity contribution is 1.50. The molecule has 1 N–H and O–H groups in total. The van der Waals surface area contributed by atoms with Crippen LogP contribution in [-0.2, 0) is 0 Å². The van der Waals surface area contributed by atoms with Crippen molar-refractivity contribution in [1.82, 2.24) is 0 Å². The fraction of sp³-hybridized carbons (Fsp3) is 0.429. The van der Waals surface area contributed by atoms with Gasteiger partial charge in [-0.2, -0.15) is 0 Å². The Labute approximate surface area is 104 Å². The average Bonchev–Trinajstić information content (AvgIpc) is 2.73. The fourth-order valence-corrected chi connectivity index (χ4v) is 2.28. The number of rotatable bonds is 1. The average molecular weight is 237 g/mol. The van der Waals surface area contributed by atoms with E-state index in [1.165, 1.54) is 20.7 Å². The first-order valence-corrected chi connectivity index (χ1v) is 6.79. The summed E-state index contributed by atoms with van der Waals surface area (Å²) in [6.07, 6.45) is 0. The molecular weight excluding hydrogens is 214 g/mol. The van der Waals surface area contributed by atoms with E-state index in [9.17, 15) is 0 Å². The van der Waals surface area contributed by atoms with Crippen LogP contribution in [0.3, 0.4) is 0 Å². The molecule has 0 fully saturated rings. The van der Waals surface area contributed by atoms with E-state index in [4.69, 9.17) is 0 Å². The molecule has 90 valence electrons. The lowest BCUT2D eigenvalue weighted by atomic mass is 10.2. The normalized spacial score (nSPS) is 8.62. The largest absolute Gasteiger partial charge is 0.388 e. The van der Waals surface area contributed by atoms with Crippen molar-refractivity contribution >= 4 is 27.1 Å². The lowest BCUT2D eigenvalue weighted by Crippen LogP contribution is -1.85. The van der Waals surface area contributed by atoms with Crippen molar-refractivity contribution in [3.63, 3.8) is 0 Å². The van der Waals surface area contributed by atoms with Gasteiger partial charge in [0.2, 0.25) is 0 Å². The van der Waals surface area contributed by atoms with Gasteiger partial charge in [0.05, 0.1) is 0 Å². The summed E-state index contributed by atoms with van der Waals surface area (Å²) in [5.74, 6) is 0. The molecule has 1 aromatic carbocycles. The topological polar surface area (TPSA) is 12.0 Å². The van der Waals surface area contributed by atoms with Crippen molar-refractivity contribution in [2.75, 3.05) is 12.4 Å². The zero-order valence-corrected chi connectivity index (χ0v) is 12.0. The number of aryl methyl sites for hydroxylation is 1. The highest BCUT2D eigenvalue weighted by Crippen LogP contribution is 2.27. The Balaban J connectivity index is 0.000000509. The Morgan fingerprint density at radius 1 is 1.00 bits per heavy atom. The van der Waals surface area contributed by atoms with Gasteiger partial charge in [0, 0.05) is 22.3 Å². The molecule has 0 bridgehead atoms. The number of thiophene rings is 1. The Morgan fingerprint density at radius 3 is 2.19 bits per heavy atom. The van der Waals surface area contributed by atoms with Crippen LogP contribution in [0.1, 0.15) is 32.6 Å². The van der Waals surface area contributed by atoms with Crippen LogP contribution in [-0.4, -0.2) is 7.05 Å². The zero-order chi connectivity index (χ0) is 12.6. The van der Waals surface area contributed by atoms with E-state index < -0.39 is 0 Å². The van der Waals surface area contributed by atoms with E-state index in [1.807, 2.05) is 46.1 Å². The van der Waals surface area contributed by atoms with Gasteiger partial charge in [0.1, 0.15) is 0 Å². The van der Waals surface area contributed by atoms with Gasteiger partial charge in [0.15, 0.2) is 0 Å². The second-order valence-electron chi connectivity index (χ2n) is 2.86. The molecule has 1 nitrogen and oxygen atoms in total. The molecule has 0 atom stereocenters. The Bertz CT molecular complexity index is 404. The number of benzene rings is 1. The van der Waals surface area contributed by atoms with E-state index in [2.05, 4.69) is 36.5 Å². The first-order chi connectivity index (χ1) is 7.79. The van der Waals surface area contributed by atoms with Crippen LogP contribution in [0.5, 0.6) is 0 Å². The molecular formula is C14H23NS. The molecule has 0 radical (unpaired) electrons. The second kappa shape index (κ2) is 8.17. The summed E-state index contributed by atoms with van der Waals surface area (Å²) in [6, 6.07) is 8.67. The van der Waals surface area contributed by atoms with Crippen LogP contribution in [0.25, 0.3) is 10.1 Å². The minimum Gasteiger partial charge on any atom is -0.388 e. The van der Waals surface area contributed by atoms with Crippen LogP contribution in [0.15, 0.2) is 24.3 Å². The monoisotopic (exact) mass is 237 g/mol. The molecule has 0 saturated heterocycles. The van der Waals surface area contributed by atoms with Gasteiger partial charge in [-0.15, -0.1) is 11.3 Å². The number of fused-ring (bicyclic) bond motifs is 1. The fourth-order valence-electron chi connectivity index (χ4n) is 1.32. The minimum atomic E-state index is 1.18. The number of hydrogen-bond donors (Lipinski definition) is 1. The van der Waals surface area contributed by atoms with Gasteiger partial charge in [-0.3, -0.25) is 0 Å². The molecule has 0 aliphatic rings. The summed E-state index contributed by atoms with van der Waals surface area (Å²) in [7, 11) is 1.95. The highest BCUT2D eigenvalue weighted by atomic mass is 32.1. The molecule has 1 heterocycles. The summed E-state index contributed by atoms with van der Waals surface area (Å²) in [5.41, 5.74) is 1.18. The van der Waals surface area contributed by atoms with E-state index >= 15 is 0 Å². The van der Waals surface area contributed by atoms with Crippen LogP contribution in [0.4, 0.5) is 5.69 Å². The van der Waals surface area contributed by atoms with Crippen LogP contribution >= 0.6 is 11.3 Å². The minimum absolute atomic E-state index is 1.18. The third kappa shape index (κ3) is 3.86. The van der Waals surface area contributed by atoms with E-state index in [-0.39, 0.29) is 0 Å². The summed E-state index contributed by atoms with van der Waals surface area (Å²) in [6.45, 7) is 10.1. The van der Waals surface area contributed by atoms with Gasteiger partial charge < -0.3 is 5.32 Å². The molecule has 0 amide bonds. The van der Waals surface area contributed by atoms with Crippen LogP contribution in [0.2, 0.25) is 0 Å². The number of nitrogens with one attached hydrogen (secondary N) is 1. The van der Waals surface area contributed by atoms with Crippen molar-refractivity contribution in [2.24, 2.45) is 0 Å². The molecule has 0 aliphatic heterocycles. The molecule has 16 heavy (non-hydrogen) atoms. The molecule has 2 aromatic rings. The SMILES string of the molecule is CC.CC.CNc1ccc2cc(C)sc2c1. The molecule has 0 aliphatic carbocycles. The van der Waals surface area contributed by atoms with Gasteiger partial charge >= 0.3 is 0 Å². The quantitative estimate of drug-likeness (QED) is 0.709. The van der Waals surface area contributed by atoms with E-state index in [0.29, 0.717) is 0 Å². The number of anilines is 1. The molecule has 2 rings (SSSR count). The maximum Gasteiger partial charge on any atom is 0.0366 e. The van der Waals surface area contributed by atoms with Gasteiger partial charge in [-0.25, -0.2) is 0 Å². The molecule has 2 heteroatoms. The van der Waals surface area contributed by atoms with E-state index in [1.54, 1.807) is 0 Å². The Morgan fingerprint density at radius 2 is 1.62 bits per heavy atom. The molecule has 0 unspecified atom stereocenters. The third-order valence-electron chi connectivity index (χ3n) is 1.93. The van der Waals surface area contributed by atoms with Crippen LogP contribution in [0, 0.1) is 6.92 Å². The van der Waals surface area contributed by atoms with Crippen molar-refractivity contribution in [3.8, 4) is 0 Å². The standard InChI is InChI=1S/C10H11NS.2C2H6/c1-7-5-8-3-4-9(11-2)6-10(8)12-7;2*1-2/h3-6,11H,1-2H3;2*1-2H3. The van der Waals surface area contributed by atoms with Crippen molar-refractivity contribution < 1.29 is 0 Å². The molecule has 1 aromatic heterocycles. The van der Waals surface area contributed by atoms with Crippen molar-refractivity contribution in [3.05, 3.63) is 29.1 Å². The lowest BCUT2D eigenvalue weighted by Gasteiger charge is -1.97. The highest BCUT2D eigenvalue weighted by Gasteiger charge is 1.97. The summed E-state index contributed by atoms with van der Waals surface area (Å²) in [5, 5.41) is 4.48. The van der Waals surface area contributed by atoms with E-state index in [0.717, 1.165) is 0 Å². The third-order valence-corrected chi connectivity index (χ3v) is 2.95. The smallest absolute Gasteiger partial charge is 0.0366 e. The molecule has 0 saturated carbocycles. The Kier molecular flexibility index (Phi) is 7.65. The number of hydrogen-bond acceptors (Lipinski definition) is 2. The highest BCUT2D eigenvalue weighted by molar-refractivity contribution is 7.19. The summed E-state index contributed by atoms with van der Waals surface area (Å²) in [4.78, 5) is 1.37. The summed E-state index contributed by atoms with van der Waals surface area (Å²) < 4.78 is 1.36. The first kappa shape index (κ1) is 15.0. The predicted octanol–water partition coefficient (Wildman–Crippen LogP) is 5.30. The van der Waals surface area contributed by atoms with Crippen molar-refractivity contribution in [2.45, 2.75) is 34.6 Å². The molecule has 0 spiro atoms.